The Morgan fingerprint density at radius 3 is 2.63 bits per heavy atom. The van der Waals surface area contributed by atoms with Crippen molar-refractivity contribution in [1.82, 2.24) is 10.2 Å². The topological polar surface area (TPSA) is 32.3 Å². The molecule has 1 N–H and O–H groups in total. The van der Waals surface area contributed by atoms with E-state index >= 15 is 0 Å². The number of nitrogens with one attached hydrogen (secondary N) is 1. The number of nitrogens with zero attached hydrogens (tertiary/aromatic N) is 1. The molecule has 1 aliphatic carbocycles. The van der Waals surface area contributed by atoms with E-state index in [2.05, 4.69) is 24.1 Å². The van der Waals surface area contributed by atoms with Crippen molar-refractivity contribution in [2.24, 2.45) is 11.8 Å². The van der Waals surface area contributed by atoms with Crippen LogP contribution < -0.4 is 5.32 Å². The van der Waals surface area contributed by atoms with E-state index in [0.717, 1.165) is 32.0 Å². The SMILES string of the molecule is CC(CC1CCCCC1)C(=O)N1CCNCC1C.Cl. The van der Waals surface area contributed by atoms with Gasteiger partial charge in [0, 0.05) is 31.6 Å². The number of halogens is 1. The Labute approximate surface area is 123 Å². The number of rotatable bonds is 3. The molecule has 0 bridgehead atoms. The number of hydrogen-bond donors (Lipinski definition) is 1. The van der Waals surface area contributed by atoms with Crippen LogP contribution in [-0.4, -0.2) is 36.5 Å². The van der Waals surface area contributed by atoms with Crippen molar-refractivity contribution in [1.29, 1.82) is 0 Å². The molecular formula is C15H29ClN2O. The Bertz CT molecular complexity index is 279. The molecule has 2 rings (SSSR count). The van der Waals surface area contributed by atoms with Gasteiger partial charge >= 0.3 is 0 Å². The maximum Gasteiger partial charge on any atom is 0.225 e. The molecule has 19 heavy (non-hydrogen) atoms. The van der Waals surface area contributed by atoms with Gasteiger partial charge in [0.05, 0.1) is 0 Å². The average molecular weight is 289 g/mol. The van der Waals surface area contributed by atoms with Gasteiger partial charge in [-0.15, -0.1) is 12.4 Å². The monoisotopic (exact) mass is 288 g/mol. The molecule has 3 nitrogen and oxygen atoms in total. The normalized spacial score (nSPS) is 26.6. The highest BCUT2D eigenvalue weighted by Gasteiger charge is 2.28. The second-order valence-corrected chi connectivity index (χ2v) is 6.23. The molecule has 1 saturated carbocycles. The van der Waals surface area contributed by atoms with Crippen LogP contribution in [0.3, 0.4) is 0 Å². The minimum absolute atomic E-state index is 0. The molecule has 1 heterocycles. The Balaban J connectivity index is 0.00000180. The minimum atomic E-state index is 0. The van der Waals surface area contributed by atoms with Crippen molar-refractivity contribution in [2.75, 3.05) is 19.6 Å². The first-order valence-corrected chi connectivity index (χ1v) is 7.69. The summed E-state index contributed by atoms with van der Waals surface area (Å²) in [7, 11) is 0. The summed E-state index contributed by atoms with van der Waals surface area (Å²) in [6.45, 7) is 7.06. The number of piperazine rings is 1. The van der Waals surface area contributed by atoms with Gasteiger partial charge in [0.25, 0.3) is 0 Å². The second-order valence-electron chi connectivity index (χ2n) is 6.23. The molecule has 0 radical (unpaired) electrons. The van der Waals surface area contributed by atoms with E-state index in [9.17, 15) is 4.79 Å². The van der Waals surface area contributed by atoms with Crippen LogP contribution >= 0.6 is 12.4 Å². The van der Waals surface area contributed by atoms with E-state index < -0.39 is 0 Å². The third-order valence-corrected chi connectivity index (χ3v) is 4.62. The van der Waals surface area contributed by atoms with Crippen LogP contribution in [0.15, 0.2) is 0 Å². The van der Waals surface area contributed by atoms with Crippen LogP contribution in [0.4, 0.5) is 0 Å². The first kappa shape index (κ1) is 16.8. The molecule has 0 aromatic carbocycles. The molecule has 1 saturated heterocycles. The van der Waals surface area contributed by atoms with E-state index in [4.69, 9.17) is 0 Å². The summed E-state index contributed by atoms with van der Waals surface area (Å²) in [5.74, 6) is 1.40. The van der Waals surface area contributed by atoms with Crippen molar-refractivity contribution in [3.05, 3.63) is 0 Å². The highest BCUT2D eigenvalue weighted by atomic mass is 35.5. The van der Waals surface area contributed by atoms with Gasteiger partial charge in [0.2, 0.25) is 5.91 Å². The third kappa shape index (κ3) is 4.64. The largest absolute Gasteiger partial charge is 0.337 e. The van der Waals surface area contributed by atoms with Crippen LogP contribution in [0.25, 0.3) is 0 Å². The summed E-state index contributed by atoms with van der Waals surface area (Å²) in [6.07, 6.45) is 7.93. The van der Waals surface area contributed by atoms with Gasteiger partial charge in [0.15, 0.2) is 0 Å². The molecule has 2 unspecified atom stereocenters. The van der Waals surface area contributed by atoms with E-state index in [1.54, 1.807) is 0 Å². The summed E-state index contributed by atoms with van der Waals surface area (Å²) in [4.78, 5) is 14.6. The summed E-state index contributed by atoms with van der Waals surface area (Å²) < 4.78 is 0. The number of amides is 1. The van der Waals surface area contributed by atoms with E-state index in [0.29, 0.717) is 11.9 Å². The van der Waals surface area contributed by atoms with E-state index in [1.807, 2.05) is 0 Å². The molecule has 0 aromatic rings. The first-order valence-electron chi connectivity index (χ1n) is 7.69. The minimum Gasteiger partial charge on any atom is -0.337 e. The van der Waals surface area contributed by atoms with Gasteiger partial charge in [-0.1, -0.05) is 39.0 Å². The van der Waals surface area contributed by atoms with Gasteiger partial charge in [-0.2, -0.15) is 0 Å². The van der Waals surface area contributed by atoms with Gasteiger partial charge in [-0.25, -0.2) is 0 Å². The van der Waals surface area contributed by atoms with Gasteiger partial charge in [0.1, 0.15) is 0 Å². The van der Waals surface area contributed by atoms with Crippen LogP contribution in [0, 0.1) is 11.8 Å². The fraction of sp³-hybridized carbons (Fsp3) is 0.933. The number of carbonyl (C=O) groups is 1. The predicted molar refractivity (Wildman–Crippen MR) is 81.6 cm³/mol. The first-order chi connectivity index (χ1) is 8.68. The smallest absolute Gasteiger partial charge is 0.225 e. The van der Waals surface area contributed by atoms with E-state index in [1.165, 1.54) is 32.1 Å². The fourth-order valence-electron chi connectivity index (χ4n) is 3.48. The lowest BCUT2D eigenvalue weighted by Crippen LogP contribution is -2.53. The zero-order valence-electron chi connectivity index (χ0n) is 12.4. The van der Waals surface area contributed by atoms with Gasteiger partial charge in [-0.3, -0.25) is 4.79 Å². The Kier molecular flexibility index (Phi) is 7.16. The van der Waals surface area contributed by atoms with Crippen molar-refractivity contribution < 1.29 is 4.79 Å². The maximum atomic E-state index is 12.5. The molecule has 2 fully saturated rings. The molecule has 0 aromatic heterocycles. The highest BCUT2D eigenvalue weighted by Crippen LogP contribution is 2.29. The van der Waals surface area contributed by atoms with Crippen LogP contribution in [0.1, 0.15) is 52.4 Å². The third-order valence-electron chi connectivity index (χ3n) is 4.62. The summed E-state index contributed by atoms with van der Waals surface area (Å²) in [5, 5.41) is 3.35. The zero-order chi connectivity index (χ0) is 13.0. The molecule has 1 amide bonds. The standard InChI is InChI=1S/C15H28N2O.ClH/c1-12(10-14-6-4-3-5-7-14)15(18)17-9-8-16-11-13(17)2;/h12-14,16H,3-11H2,1-2H3;1H. The Morgan fingerprint density at radius 2 is 2.00 bits per heavy atom. The quantitative estimate of drug-likeness (QED) is 0.866. The lowest BCUT2D eigenvalue weighted by molar-refractivity contribution is -0.138. The van der Waals surface area contributed by atoms with Crippen molar-refractivity contribution >= 4 is 18.3 Å². The van der Waals surface area contributed by atoms with Gasteiger partial charge < -0.3 is 10.2 Å². The molecule has 2 atom stereocenters. The molecule has 4 heteroatoms. The molecular weight excluding hydrogens is 260 g/mol. The molecule has 2 aliphatic rings. The van der Waals surface area contributed by atoms with Crippen LogP contribution in [-0.2, 0) is 4.79 Å². The lowest BCUT2D eigenvalue weighted by Gasteiger charge is -2.36. The summed E-state index contributed by atoms with van der Waals surface area (Å²) in [6, 6.07) is 0.361. The Morgan fingerprint density at radius 1 is 1.32 bits per heavy atom. The fourth-order valence-corrected chi connectivity index (χ4v) is 3.48. The highest BCUT2D eigenvalue weighted by molar-refractivity contribution is 5.85. The molecule has 112 valence electrons. The van der Waals surface area contributed by atoms with Crippen LogP contribution in [0.2, 0.25) is 0 Å². The van der Waals surface area contributed by atoms with Crippen molar-refractivity contribution in [2.45, 2.75) is 58.4 Å². The van der Waals surface area contributed by atoms with Crippen molar-refractivity contribution in [3.63, 3.8) is 0 Å². The number of carbonyl (C=O) groups excluding carboxylic acids is 1. The molecule has 0 spiro atoms. The summed E-state index contributed by atoms with van der Waals surface area (Å²) >= 11 is 0. The average Bonchev–Trinajstić information content (AvgIpc) is 2.39. The molecule has 1 aliphatic heterocycles. The number of hydrogen-bond acceptors (Lipinski definition) is 2. The van der Waals surface area contributed by atoms with Crippen LogP contribution in [0.5, 0.6) is 0 Å². The lowest BCUT2D eigenvalue weighted by atomic mass is 9.83. The van der Waals surface area contributed by atoms with E-state index in [-0.39, 0.29) is 18.3 Å². The Hall–Kier alpha value is -0.280. The van der Waals surface area contributed by atoms with Crippen molar-refractivity contribution in [3.8, 4) is 0 Å². The summed E-state index contributed by atoms with van der Waals surface area (Å²) in [5.41, 5.74) is 0. The second kappa shape index (κ2) is 8.11. The van der Waals surface area contributed by atoms with Gasteiger partial charge in [-0.05, 0) is 19.3 Å². The predicted octanol–water partition coefficient (Wildman–Crippen LogP) is 2.84. The maximum absolute atomic E-state index is 12.5. The zero-order valence-corrected chi connectivity index (χ0v) is 13.2.